The fourth-order valence-corrected chi connectivity index (χ4v) is 3.27. The van der Waals surface area contributed by atoms with Crippen molar-refractivity contribution in [3.05, 3.63) is 48.4 Å². The number of sulfonamides is 1. The van der Waals surface area contributed by atoms with Gasteiger partial charge in [-0.15, -0.1) is 0 Å². The van der Waals surface area contributed by atoms with Gasteiger partial charge in [0.15, 0.2) is 11.6 Å². The Kier molecular flexibility index (Phi) is 4.15. The molecule has 0 aliphatic carbocycles. The molecule has 3 rings (SSSR count). The van der Waals surface area contributed by atoms with Gasteiger partial charge in [0.25, 0.3) is 10.0 Å². The molecule has 0 saturated heterocycles. The van der Waals surface area contributed by atoms with Crippen LogP contribution in [-0.2, 0) is 10.0 Å². The molecular weight excluding hydrogens is 333 g/mol. The van der Waals surface area contributed by atoms with Gasteiger partial charge < -0.3 is 4.74 Å². The van der Waals surface area contributed by atoms with Gasteiger partial charge in [-0.2, -0.15) is 5.10 Å². The molecule has 0 aliphatic rings. The van der Waals surface area contributed by atoms with E-state index in [-0.39, 0.29) is 16.7 Å². The summed E-state index contributed by atoms with van der Waals surface area (Å²) in [6, 6.07) is 8.51. The van der Waals surface area contributed by atoms with E-state index in [4.69, 9.17) is 4.74 Å². The van der Waals surface area contributed by atoms with Crippen molar-refractivity contribution in [1.29, 1.82) is 0 Å². The summed E-state index contributed by atoms with van der Waals surface area (Å²) in [4.78, 5) is -0.180. The minimum absolute atomic E-state index is 0.0165. The number of nitrogens with zero attached hydrogens (tertiary/aromatic N) is 1. The van der Waals surface area contributed by atoms with E-state index in [0.29, 0.717) is 11.2 Å². The largest absolute Gasteiger partial charge is 0.488 e. The van der Waals surface area contributed by atoms with Gasteiger partial charge in [0.05, 0.1) is 28.4 Å². The highest BCUT2D eigenvalue weighted by atomic mass is 32.2. The molecule has 0 bridgehead atoms. The lowest BCUT2D eigenvalue weighted by atomic mass is 10.2. The molecule has 24 heavy (non-hydrogen) atoms. The molecule has 3 aromatic rings. The Labute approximate surface area is 138 Å². The predicted molar refractivity (Wildman–Crippen MR) is 89.1 cm³/mol. The molecule has 126 valence electrons. The molecule has 0 amide bonds. The standard InChI is InChI=1S/C16H16FN3O3S/c1-10(2)23-16-6-5-13(8-14(16)17)24(21,22)20-12-4-3-11-9-18-19-15(11)7-12/h3-10,20H,1-2H3,(H,18,19). The lowest BCUT2D eigenvalue weighted by Crippen LogP contribution is -2.14. The molecule has 1 heterocycles. The van der Waals surface area contributed by atoms with Gasteiger partial charge >= 0.3 is 0 Å². The summed E-state index contributed by atoms with van der Waals surface area (Å²) in [5.74, 6) is -0.710. The monoisotopic (exact) mass is 349 g/mol. The van der Waals surface area contributed by atoms with Gasteiger partial charge in [0, 0.05) is 5.39 Å². The van der Waals surface area contributed by atoms with Crippen LogP contribution < -0.4 is 9.46 Å². The molecule has 2 aromatic carbocycles. The zero-order chi connectivity index (χ0) is 17.3. The highest BCUT2D eigenvalue weighted by Crippen LogP contribution is 2.24. The first-order valence-corrected chi connectivity index (χ1v) is 8.75. The molecule has 0 fully saturated rings. The number of fused-ring (bicyclic) bond motifs is 1. The molecule has 1 aromatic heterocycles. The van der Waals surface area contributed by atoms with E-state index in [9.17, 15) is 12.8 Å². The fourth-order valence-electron chi connectivity index (χ4n) is 2.21. The third-order valence-corrected chi connectivity index (χ3v) is 4.65. The molecule has 6 nitrogen and oxygen atoms in total. The SMILES string of the molecule is CC(C)Oc1ccc(S(=O)(=O)Nc2ccc3cn[nH]c3c2)cc1F. The first kappa shape index (κ1) is 16.3. The number of aromatic nitrogens is 2. The van der Waals surface area contributed by atoms with Crippen molar-refractivity contribution in [2.75, 3.05) is 4.72 Å². The molecule has 0 aliphatic heterocycles. The van der Waals surface area contributed by atoms with Crippen molar-refractivity contribution in [2.24, 2.45) is 0 Å². The second-order valence-electron chi connectivity index (χ2n) is 5.54. The lowest BCUT2D eigenvalue weighted by molar-refractivity contribution is 0.231. The number of halogens is 1. The number of rotatable bonds is 5. The topological polar surface area (TPSA) is 84.1 Å². The molecule has 8 heteroatoms. The first-order chi connectivity index (χ1) is 11.3. The van der Waals surface area contributed by atoms with Crippen LogP contribution in [0.2, 0.25) is 0 Å². The second-order valence-corrected chi connectivity index (χ2v) is 7.22. The molecule has 0 spiro atoms. The Balaban J connectivity index is 1.88. The number of benzene rings is 2. The van der Waals surface area contributed by atoms with E-state index in [1.165, 1.54) is 12.1 Å². The van der Waals surface area contributed by atoms with Crippen LogP contribution in [0.4, 0.5) is 10.1 Å². The van der Waals surface area contributed by atoms with Gasteiger partial charge in [-0.1, -0.05) is 0 Å². The number of ether oxygens (including phenoxy) is 1. The summed E-state index contributed by atoms with van der Waals surface area (Å²) < 4.78 is 46.5. The Morgan fingerprint density at radius 2 is 2.00 bits per heavy atom. The molecule has 2 N–H and O–H groups in total. The van der Waals surface area contributed by atoms with Crippen LogP contribution in [0.5, 0.6) is 5.75 Å². The average molecular weight is 349 g/mol. The Morgan fingerprint density at radius 3 is 2.71 bits per heavy atom. The third-order valence-electron chi connectivity index (χ3n) is 3.27. The predicted octanol–water partition coefficient (Wildman–Crippen LogP) is 3.29. The maximum absolute atomic E-state index is 14.0. The molecule has 0 radical (unpaired) electrons. The summed E-state index contributed by atoms with van der Waals surface area (Å²) >= 11 is 0. The number of nitrogens with one attached hydrogen (secondary N) is 2. The normalized spacial score (nSPS) is 11.8. The third kappa shape index (κ3) is 3.33. The number of H-pyrrole nitrogens is 1. The first-order valence-electron chi connectivity index (χ1n) is 7.27. The zero-order valence-electron chi connectivity index (χ0n) is 13.1. The summed E-state index contributed by atoms with van der Waals surface area (Å²) in [7, 11) is -3.91. The summed E-state index contributed by atoms with van der Waals surface area (Å²) in [6.07, 6.45) is 1.43. The van der Waals surface area contributed by atoms with Gasteiger partial charge in [0.1, 0.15) is 0 Å². The van der Waals surface area contributed by atoms with Gasteiger partial charge in [-0.25, -0.2) is 12.8 Å². The smallest absolute Gasteiger partial charge is 0.262 e. The van der Waals surface area contributed by atoms with E-state index < -0.39 is 15.8 Å². The quantitative estimate of drug-likeness (QED) is 0.740. The molecule has 0 atom stereocenters. The number of hydrogen-bond acceptors (Lipinski definition) is 4. The molecule has 0 unspecified atom stereocenters. The Hall–Kier alpha value is -2.61. The average Bonchev–Trinajstić information content (AvgIpc) is 2.96. The second kappa shape index (κ2) is 6.12. The van der Waals surface area contributed by atoms with Crippen molar-refractivity contribution < 1.29 is 17.5 Å². The van der Waals surface area contributed by atoms with Crippen LogP contribution in [0, 0.1) is 5.82 Å². The van der Waals surface area contributed by atoms with E-state index in [2.05, 4.69) is 14.9 Å². The Bertz CT molecular complexity index is 983. The summed E-state index contributed by atoms with van der Waals surface area (Å²) in [5.41, 5.74) is 1.05. The highest BCUT2D eigenvalue weighted by molar-refractivity contribution is 7.92. The van der Waals surface area contributed by atoms with E-state index >= 15 is 0 Å². The van der Waals surface area contributed by atoms with Crippen LogP contribution in [0.1, 0.15) is 13.8 Å². The fraction of sp³-hybridized carbons (Fsp3) is 0.188. The van der Waals surface area contributed by atoms with Crippen molar-refractivity contribution in [2.45, 2.75) is 24.8 Å². The van der Waals surface area contributed by atoms with Crippen LogP contribution in [-0.4, -0.2) is 24.7 Å². The van der Waals surface area contributed by atoms with Crippen LogP contribution in [0.3, 0.4) is 0 Å². The van der Waals surface area contributed by atoms with Crippen molar-refractivity contribution in [1.82, 2.24) is 10.2 Å². The van der Waals surface area contributed by atoms with E-state index in [1.54, 1.807) is 38.2 Å². The highest BCUT2D eigenvalue weighted by Gasteiger charge is 2.17. The number of anilines is 1. The molecular formula is C16H16FN3O3S. The lowest BCUT2D eigenvalue weighted by Gasteiger charge is -2.12. The van der Waals surface area contributed by atoms with E-state index in [0.717, 1.165) is 11.5 Å². The van der Waals surface area contributed by atoms with Gasteiger partial charge in [-0.3, -0.25) is 9.82 Å². The number of hydrogen-bond donors (Lipinski definition) is 2. The van der Waals surface area contributed by atoms with Crippen molar-refractivity contribution >= 4 is 26.6 Å². The maximum Gasteiger partial charge on any atom is 0.262 e. The van der Waals surface area contributed by atoms with Crippen LogP contribution >= 0.6 is 0 Å². The summed E-state index contributed by atoms with van der Waals surface area (Å²) in [6.45, 7) is 3.52. The summed E-state index contributed by atoms with van der Waals surface area (Å²) in [5, 5.41) is 7.50. The van der Waals surface area contributed by atoms with Crippen molar-refractivity contribution in [3.8, 4) is 5.75 Å². The Morgan fingerprint density at radius 1 is 1.21 bits per heavy atom. The maximum atomic E-state index is 14.0. The van der Waals surface area contributed by atoms with Gasteiger partial charge in [-0.05, 0) is 50.2 Å². The van der Waals surface area contributed by atoms with E-state index in [1.807, 2.05) is 0 Å². The van der Waals surface area contributed by atoms with Crippen LogP contribution in [0.15, 0.2) is 47.5 Å². The van der Waals surface area contributed by atoms with Crippen LogP contribution in [0.25, 0.3) is 10.9 Å². The number of aromatic amines is 1. The molecule has 0 saturated carbocycles. The van der Waals surface area contributed by atoms with Crippen molar-refractivity contribution in [3.63, 3.8) is 0 Å². The minimum atomic E-state index is -3.91. The zero-order valence-corrected chi connectivity index (χ0v) is 13.9. The minimum Gasteiger partial charge on any atom is -0.488 e. The van der Waals surface area contributed by atoms with Gasteiger partial charge in [0.2, 0.25) is 0 Å².